The van der Waals surface area contributed by atoms with Crippen LogP contribution in [0.5, 0.6) is 0 Å². The number of likely N-dealkylation sites (N-methyl/N-ethyl adjacent to an activating group) is 1. The third-order valence-electron chi connectivity index (χ3n) is 2.51. The number of halogens is 2. The smallest absolute Gasteiger partial charge is 0.263 e. The van der Waals surface area contributed by atoms with Crippen LogP contribution in [-0.2, 0) is 4.74 Å². The van der Waals surface area contributed by atoms with Crippen LogP contribution in [0.3, 0.4) is 0 Å². The number of hydrogen-bond acceptors (Lipinski definition) is 2. The van der Waals surface area contributed by atoms with Crippen LogP contribution < -0.4 is 4.90 Å². The van der Waals surface area contributed by atoms with Gasteiger partial charge in [0.25, 0.3) is 6.43 Å². The lowest BCUT2D eigenvalue weighted by Crippen LogP contribution is -2.22. The summed E-state index contributed by atoms with van der Waals surface area (Å²) in [5.41, 5.74) is 1.89. The molecule has 0 aliphatic carbocycles. The van der Waals surface area contributed by atoms with Gasteiger partial charge in [0, 0.05) is 32.0 Å². The minimum absolute atomic E-state index is 0.0707. The van der Waals surface area contributed by atoms with E-state index in [4.69, 9.17) is 4.74 Å². The Morgan fingerprint density at radius 2 is 1.89 bits per heavy atom. The molecule has 0 amide bonds. The largest absolute Gasteiger partial charge is 0.383 e. The number of methoxy groups -OCH3 is 1. The molecule has 0 aromatic heterocycles. The Morgan fingerprint density at radius 3 is 2.33 bits per heavy atom. The number of rotatable bonds is 5. The van der Waals surface area contributed by atoms with Crippen molar-refractivity contribution in [2.45, 2.75) is 27.2 Å². The van der Waals surface area contributed by atoms with Crippen LogP contribution in [0.25, 0.3) is 0 Å². The molecule has 0 aliphatic heterocycles. The molecule has 0 aliphatic rings. The second kappa shape index (κ2) is 8.86. The van der Waals surface area contributed by atoms with Crippen molar-refractivity contribution in [2.75, 3.05) is 32.2 Å². The topological polar surface area (TPSA) is 12.5 Å². The summed E-state index contributed by atoms with van der Waals surface area (Å²) in [5, 5.41) is 0. The fourth-order valence-corrected chi connectivity index (χ4v) is 1.59. The highest BCUT2D eigenvalue weighted by Crippen LogP contribution is 2.25. The lowest BCUT2D eigenvalue weighted by atomic mass is 10.1. The van der Waals surface area contributed by atoms with Crippen molar-refractivity contribution in [3.05, 3.63) is 29.3 Å². The van der Waals surface area contributed by atoms with Gasteiger partial charge >= 0.3 is 0 Å². The molecule has 2 nitrogen and oxygen atoms in total. The molecular weight excluding hydrogens is 236 g/mol. The highest BCUT2D eigenvalue weighted by molar-refractivity contribution is 5.54. The predicted octanol–water partition coefficient (Wildman–Crippen LogP) is 4.04. The van der Waals surface area contributed by atoms with Crippen LogP contribution in [0.2, 0.25) is 0 Å². The van der Waals surface area contributed by atoms with Gasteiger partial charge in [0.2, 0.25) is 0 Å². The maximum Gasteiger partial charge on any atom is 0.263 e. The van der Waals surface area contributed by atoms with E-state index in [2.05, 4.69) is 0 Å². The molecule has 4 heteroatoms. The molecule has 0 fully saturated rings. The van der Waals surface area contributed by atoms with Crippen molar-refractivity contribution >= 4 is 5.69 Å². The fraction of sp³-hybridized carbons (Fsp3) is 0.571. The lowest BCUT2D eigenvalue weighted by molar-refractivity contribution is 0.151. The van der Waals surface area contributed by atoms with Crippen molar-refractivity contribution in [1.29, 1.82) is 0 Å². The summed E-state index contributed by atoms with van der Waals surface area (Å²) < 4.78 is 29.9. The molecular formula is C14H23F2NO. The summed E-state index contributed by atoms with van der Waals surface area (Å²) >= 11 is 0. The molecule has 1 aromatic rings. The average molecular weight is 259 g/mol. The van der Waals surface area contributed by atoms with Gasteiger partial charge in [-0.3, -0.25) is 0 Å². The number of nitrogens with zero attached hydrogens (tertiary/aromatic N) is 1. The van der Waals surface area contributed by atoms with E-state index in [0.717, 1.165) is 17.8 Å². The molecule has 0 unspecified atom stereocenters. The van der Waals surface area contributed by atoms with Crippen LogP contribution in [0.4, 0.5) is 14.5 Å². The fourth-order valence-electron chi connectivity index (χ4n) is 1.59. The second-order valence-electron chi connectivity index (χ2n) is 3.76. The molecule has 0 heterocycles. The molecule has 1 rings (SSSR count). The van der Waals surface area contributed by atoms with E-state index in [1.165, 1.54) is 12.1 Å². The second-order valence-corrected chi connectivity index (χ2v) is 3.76. The van der Waals surface area contributed by atoms with Crippen LogP contribution in [0, 0.1) is 6.92 Å². The predicted molar refractivity (Wildman–Crippen MR) is 72.6 cm³/mol. The van der Waals surface area contributed by atoms with Crippen molar-refractivity contribution in [1.82, 2.24) is 0 Å². The Balaban J connectivity index is 0.00000137. The van der Waals surface area contributed by atoms with Crippen LogP contribution in [-0.4, -0.2) is 27.3 Å². The minimum atomic E-state index is -2.41. The van der Waals surface area contributed by atoms with Gasteiger partial charge in [-0.25, -0.2) is 8.78 Å². The summed E-state index contributed by atoms with van der Waals surface area (Å²) in [6.07, 6.45) is -2.41. The number of anilines is 1. The molecule has 0 bridgehead atoms. The number of aryl methyl sites for hydroxylation is 1. The summed E-state index contributed by atoms with van der Waals surface area (Å²) in [6.45, 7) is 7.20. The standard InChI is InChI=1S/C12H17F2NO.C2H6/c1-9-8-10(12(13)14)4-5-11(9)15(2)6-7-16-3;1-2/h4-5,8,12H,6-7H2,1-3H3;1-2H3. The maximum atomic E-state index is 12.4. The van der Waals surface area contributed by atoms with Crippen molar-refractivity contribution in [3.63, 3.8) is 0 Å². The van der Waals surface area contributed by atoms with E-state index >= 15 is 0 Å². The normalized spacial score (nSPS) is 10.0. The third kappa shape index (κ3) is 5.00. The number of ether oxygens (including phenoxy) is 1. The van der Waals surface area contributed by atoms with Gasteiger partial charge in [0.1, 0.15) is 0 Å². The van der Waals surface area contributed by atoms with E-state index in [1.54, 1.807) is 13.2 Å². The quantitative estimate of drug-likeness (QED) is 0.791. The summed E-state index contributed by atoms with van der Waals surface area (Å²) in [6, 6.07) is 4.73. The van der Waals surface area contributed by atoms with Crippen molar-refractivity contribution in [3.8, 4) is 0 Å². The molecule has 0 N–H and O–H groups in total. The summed E-state index contributed by atoms with van der Waals surface area (Å²) in [7, 11) is 3.56. The molecule has 18 heavy (non-hydrogen) atoms. The maximum absolute atomic E-state index is 12.4. The number of benzene rings is 1. The van der Waals surface area contributed by atoms with Crippen LogP contribution in [0.15, 0.2) is 18.2 Å². The van der Waals surface area contributed by atoms with Crippen molar-refractivity contribution in [2.24, 2.45) is 0 Å². The Bertz CT molecular complexity index is 343. The summed E-state index contributed by atoms with van der Waals surface area (Å²) in [4.78, 5) is 1.99. The Labute approximate surface area is 109 Å². The molecule has 0 saturated heterocycles. The zero-order valence-electron chi connectivity index (χ0n) is 11.8. The van der Waals surface area contributed by atoms with E-state index in [1.807, 2.05) is 32.7 Å². The van der Waals surface area contributed by atoms with E-state index in [9.17, 15) is 8.78 Å². The number of hydrogen-bond donors (Lipinski definition) is 0. The molecule has 0 atom stereocenters. The first-order chi connectivity index (χ1) is 8.56. The van der Waals surface area contributed by atoms with Crippen LogP contribution >= 0.6 is 0 Å². The Hall–Kier alpha value is -1.16. The molecule has 104 valence electrons. The molecule has 0 saturated carbocycles. The van der Waals surface area contributed by atoms with Gasteiger partial charge in [-0.15, -0.1) is 0 Å². The van der Waals surface area contributed by atoms with Crippen LogP contribution in [0.1, 0.15) is 31.4 Å². The van der Waals surface area contributed by atoms with Crippen molar-refractivity contribution < 1.29 is 13.5 Å². The first-order valence-corrected chi connectivity index (χ1v) is 6.15. The van der Waals surface area contributed by atoms with Gasteiger partial charge in [0.15, 0.2) is 0 Å². The van der Waals surface area contributed by atoms with E-state index in [-0.39, 0.29) is 5.56 Å². The Kier molecular flexibility index (Phi) is 8.29. The first-order valence-electron chi connectivity index (χ1n) is 6.15. The monoisotopic (exact) mass is 259 g/mol. The minimum Gasteiger partial charge on any atom is -0.383 e. The van der Waals surface area contributed by atoms with Gasteiger partial charge in [-0.05, 0) is 24.6 Å². The summed E-state index contributed by atoms with van der Waals surface area (Å²) in [5.74, 6) is 0. The highest BCUT2D eigenvalue weighted by Gasteiger charge is 2.10. The van der Waals surface area contributed by atoms with E-state index in [0.29, 0.717) is 6.61 Å². The zero-order valence-corrected chi connectivity index (χ0v) is 11.8. The zero-order chi connectivity index (χ0) is 14.1. The van der Waals surface area contributed by atoms with Gasteiger partial charge in [0.05, 0.1) is 6.61 Å². The molecule has 0 radical (unpaired) electrons. The first kappa shape index (κ1) is 16.8. The van der Waals surface area contributed by atoms with Gasteiger partial charge in [-0.1, -0.05) is 19.9 Å². The average Bonchev–Trinajstić information content (AvgIpc) is 2.38. The lowest BCUT2D eigenvalue weighted by Gasteiger charge is -2.21. The Morgan fingerprint density at radius 1 is 1.28 bits per heavy atom. The van der Waals surface area contributed by atoms with Gasteiger partial charge in [-0.2, -0.15) is 0 Å². The SMILES string of the molecule is CC.COCCN(C)c1ccc(C(F)F)cc1C. The van der Waals surface area contributed by atoms with E-state index < -0.39 is 6.43 Å². The third-order valence-corrected chi connectivity index (χ3v) is 2.51. The molecule has 1 aromatic carbocycles. The highest BCUT2D eigenvalue weighted by atomic mass is 19.3. The number of alkyl halides is 2. The van der Waals surface area contributed by atoms with Gasteiger partial charge < -0.3 is 9.64 Å². The molecule has 0 spiro atoms.